The Hall–Kier alpha value is -2.40. The molecule has 5 heteroatoms. The van der Waals surface area contributed by atoms with Crippen LogP contribution in [0.3, 0.4) is 0 Å². The van der Waals surface area contributed by atoms with Gasteiger partial charge in [-0.3, -0.25) is 9.78 Å². The van der Waals surface area contributed by atoms with Crippen LogP contribution in [0.15, 0.2) is 42.7 Å². The van der Waals surface area contributed by atoms with Crippen molar-refractivity contribution in [2.75, 3.05) is 13.7 Å². The molecule has 0 saturated heterocycles. The summed E-state index contributed by atoms with van der Waals surface area (Å²) >= 11 is 0. The predicted octanol–water partition coefficient (Wildman–Crippen LogP) is 3.18. The minimum absolute atomic E-state index is 0.158. The van der Waals surface area contributed by atoms with E-state index in [2.05, 4.69) is 10.3 Å². The van der Waals surface area contributed by atoms with Crippen LogP contribution in [0.2, 0.25) is 0 Å². The van der Waals surface area contributed by atoms with Crippen LogP contribution in [-0.4, -0.2) is 35.3 Å². The summed E-state index contributed by atoms with van der Waals surface area (Å²) in [6.45, 7) is 0.313. The maximum atomic E-state index is 12.3. The van der Waals surface area contributed by atoms with Crippen molar-refractivity contribution in [2.24, 2.45) is 0 Å². The summed E-state index contributed by atoms with van der Waals surface area (Å²) in [5.74, 6) is 0.536. The van der Waals surface area contributed by atoms with Gasteiger partial charge in [-0.15, -0.1) is 0 Å². The van der Waals surface area contributed by atoms with Crippen molar-refractivity contribution >= 4 is 5.91 Å². The zero-order chi connectivity index (χ0) is 17.7. The second kappa shape index (κ2) is 7.66. The molecule has 1 aliphatic carbocycles. The number of aromatic nitrogens is 1. The highest BCUT2D eigenvalue weighted by Crippen LogP contribution is 2.27. The number of nitrogens with one attached hydrogen (secondary N) is 1. The van der Waals surface area contributed by atoms with Gasteiger partial charge < -0.3 is 15.2 Å². The number of hydrogen-bond acceptors (Lipinski definition) is 4. The Bertz CT molecular complexity index is 722. The molecule has 1 saturated carbocycles. The van der Waals surface area contributed by atoms with E-state index in [4.69, 9.17) is 4.74 Å². The van der Waals surface area contributed by atoms with E-state index in [9.17, 15) is 9.90 Å². The molecular formula is C20H24N2O3. The molecular weight excluding hydrogens is 316 g/mol. The van der Waals surface area contributed by atoms with Gasteiger partial charge in [-0.2, -0.15) is 0 Å². The van der Waals surface area contributed by atoms with Gasteiger partial charge in [0.05, 0.1) is 18.9 Å². The van der Waals surface area contributed by atoms with E-state index >= 15 is 0 Å². The topological polar surface area (TPSA) is 71.5 Å². The number of amides is 1. The molecule has 0 aliphatic heterocycles. The van der Waals surface area contributed by atoms with Gasteiger partial charge in [0, 0.05) is 23.9 Å². The number of rotatable bonds is 5. The summed E-state index contributed by atoms with van der Waals surface area (Å²) in [6.07, 6.45) is 8.14. The standard InChI is InChI=1S/C20H24N2O3/c1-25-18-11-17(12-21-13-18)15-5-7-16(8-6-15)19(23)22-14-20(24)9-3-2-4-10-20/h5-8,11-13,24H,2-4,9-10,14H2,1H3,(H,22,23). The van der Waals surface area contributed by atoms with E-state index in [0.29, 0.717) is 17.9 Å². The van der Waals surface area contributed by atoms with Crippen molar-refractivity contribution in [2.45, 2.75) is 37.7 Å². The maximum Gasteiger partial charge on any atom is 0.251 e. The quantitative estimate of drug-likeness (QED) is 0.877. The van der Waals surface area contributed by atoms with Crippen molar-refractivity contribution in [1.82, 2.24) is 10.3 Å². The lowest BCUT2D eigenvalue weighted by atomic mass is 9.85. The third kappa shape index (κ3) is 4.37. The number of ether oxygens (including phenoxy) is 1. The van der Waals surface area contributed by atoms with Crippen LogP contribution in [0.4, 0.5) is 0 Å². The van der Waals surface area contributed by atoms with Crippen LogP contribution in [0.25, 0.3) is 11.1 Å². The highest BCUT2D eigenvalue weighted by Gasteiger charge is 2.29. The summed E-state index contributed by atoms with van der Waals surface area (Å²) in [6, 6.07) is 9.26. The lowest BCUT2D eigenvalue weighted by Crippen LogP contribution is -2.44. The van der Waals surface area contributed by atoms with Gasteiger partial charge in [0.2, 0.25) is 0 Å². The average Bonchev–Trinajstić information content (AvgIpc) is 2.67. The van der Waals surface area contributed by atoms with Crippen molar-refractivity contribution in [3.8, 4) is 16.9 Å². The van der Waals surface area contributed by atoms with Gasteiger partial charge in [0.1, 0.15) is 5.75 Å². The van der Waals surface area contributed by atoms with Gasteiger partial charge in [-0.25, -0.2) is 0 Å². The van der Waals surface area contributed by atoms with Crippen molar-refractivity contribution in [1.29, 1.82) is 0 Å². The molecule has 0 bridgehead atoms. The van der Waals surface area contributed by atoms with E-state index in [1.165, 1.54) is 0 Å². The highest BCUT2D eigenvalue weighted by molar-refractivity contribution is 5.94. The van der Waals surface area contributed by atoms with Crippen LogP contribution >= 0.6 is 0 Å². The Kier molecular flexibility index (Phi) is 5.34. The first-order valence-electron chi connectivity index (χ1n) is 8.70. The summed E-state index contributed by atoms with van der Waals surface area (Å²) in [7, 11) is 1.61. The smallest absolute Gasteiger partial charge is 0.251 e. The van der Waals surface area contributed by atoms with Crippen LogP contribution in [-0.2, 0) is 0 Å². The van der Waals surface area contributed by atoms with Crippen LogP contribution in [0.1, 0.15) is 42.5 Å². The minimum atomic E-state index is -0.750. The molecule has 5 nitrogen and oxygen atoms in total. The molecule has 0 radical (unpaired) electrons. The fourth-order valence-electron chi connectivity index (χ4n) is 3.24. The molecule has 1 aliphatic rings. The Balaban J connectivity index is 1.64. The summed E-state index contributed by atoms with van der Waals surface area (Å²) in [5.41, 5.74) is 1.73. The maximum absolute atomic E-state index is 12.3. The molecule has 3 rings (SSSR count). The molecule has 1 fully saturated rings. The van der Waals surface area contributed by atoms with E-state index < -0.39 is 5.60 Å². The summed E-state index contributed by atoms with van der Waals surface area (Å²) in [5, 5.41) is 13.3. The Morgan fingerprint density at radius 2 is 1.88 bits per heavy atom. The first kappa shape index (κ1) is 17.4. The molecule has 1 aromatic heterocycles. The average molecular weight is 340 g/mol. The largest absolute Gasteiger partial charge is 0.495 e. The first-order chi connectivity index (χ1) is 12.1. The molecule has 2 aromatic rings. The number of nitrogens with zero attached hydrogens (tertiary/aromatic N) is 1. The Labute approximate surface area is 148 Å². The minimum Gasteiger partial charge on any atom is -0.495 e. The van der Waals surface area contributed by atoms with E-state index in [0.717, 1.165) is 43.2 Å². The summed E-state index contributed by atoms with van der Waals surface area (Å²) in [4.78, 5) is 16.5. The number of benzene rings is 1. The van der Waals surface area contributed by atoms with E-state index in [1.54, 1.807) is 31.6 Å². The number of aliphatic hydroxyl groups is 1. The molecule has 0 atom stereocenters. The van der Waals surface area contributed by atoms with Gasteiger partial charge >= 0.3 is 0 Å². The third-order valence-electron chi connectivity index (χ3n) is 4.79. The second-order valence-corrected chi connectivity index (χ2v) is 6.66. The molecule has 1 aromatic carbocycles. The van der Waals surface area contributed by atoms with Gasteiger partial charge in [0.15, 0.2) is 0 Å². The lowest BCUT2D eigenvalue weighted by molar-refractivity contribution is 0.00526. The molecule has 0 unspecified atom stereocenters. The number of hydrogen-bond donors (Lipinski definition) is 2. The number of pyridine rings is 1. The van der Waals surface area contributed by atoms with Gasteiger partial charge in [0.25, 0.3) is 5.91 Å². The number of carbonyl (C=O) groups is 1. The van der Waals surface area contributed by atoms with Gasteiger partial charge in [-0.05, 0) is 36.6 Å². The molecule has 0 spiro atoms. The monoisotopic (exact) mass is 340 g/mol. The molecule has 1 amide bonds. The normalized spacial score (nSPS) is 16.2. The number of carbonyl (C=O) groups excluding carboxylic acids is 1. The molecule has 132 valence electrons. The Morgan fingerprint density at radius 3 is 2.56 bits per heavy atom. The second-order valence-electron chi connectivity index (χ2n) is 6.66. The predicted molar refractivity (Wildman–Crippen MR) is 96.6 cm³/mol. The molecule has 2 N–H and O–H groups in total. The van der Waals surface area contributed by atoms with E-state index in [-0.39, 0.29) is 5.91 Å². The van der Waals surface area contributed by atoms with Crippen molar-refractivity contribution in [3.05, 3.63) is 48.3 Å². The fourth-order valence-corrected chi connectivity index (χ4v) is 3.24. The molecule has 1 heterocycles. The van der Waals surface area contributed by atoms with Crippen LogP contribution in [0, 0.1) is 0 Å². The van der Waals surface area contributed by atoms with Gasteiger partial charge in [-0.1, -0.05) is 31.4 Å². The lowest BCUT2D eigenvalue weighted by Gasteiger charge is -2.32. The zero-order valence-electron chi connectivity index (χ0n) is 14.5. The Morgan fingerprint density at radius 1 is 1.16 bits per heavy atom. The van der Waals surface area contributed by atoms with Crippen molar-refractivity contribution < 1.29 is 14.6 Å². The SMILES string of the molecule is COc1cncc(-c2ccc(C(=O)NCC3(O)CCCCC3)cc2)c1. The zero-order valence-corrected chi connectivity index (χ0v) is 14.5. The molecule has 25 heavy (non-hydrogen) atoms. The number of methoxy groups -OCH3 is 1. The summed E-state index contributed by atoms with van der Waals surface area (Å²) < 4.78 is 5.19. The van der Waals surface area contributed by atoms with Crippen molar-refractivity contribution in [3.63, 3.8) is 0 Å². The highest BCUT2D eigenvalue weighted by atomic mass is 16.5. The van der Waals surface area contributed by atoms with Crippen LogP contribution in [0.5, 0.6) is 5.75 Å². The first-order valence-corrected chi connectivity index (χ1v) is 8.70. The fraction of sp³-hybridized carbons (Fsp3) is 0.400. The van der Waals surface area contributed by atoms with Crippen LogP contribution < -0.4 is 10.1 Å². The third-order valence-corrected chi connectivity index (χ3v) is 4.79. The van der Waals surface area contributed by atoms with E-state index in [1.807, 2.05) is 18.2 Å².